The van der Waals surface area contributed by atoms with E-state index >= 15 is 0 Å². The highest BCUT2D eigenvalue weighted by molar-refractivity contribution is 9.10. The third-order valence-electron chi connectivity index (χ3n) is 1.85. The maximum absolute atomic E-state index is 11.6. The monoisotopic (exact) mass is 340 g/mol. The van der Waals surface area contributed by atoms with Crippen LogP contribution in [0.15, 0.2) is 22.7 Å². The first-order valence-electron chi connectivity index (χ1n) is 5.02. The lowest BCUT2D eigenvalue weighted by Gasteiger charge is -2.11. The van der Waals surface area contributed by atoms with Crippen molar-refractivity contribution in [3.05, 3.63) is 27.7 Å². The number of rotatable bonds is 5. The Labute approximate surface area is 115 Å². The molecule has 0 aliphatic heterocycles. The molecule has 0 amide bonds. The van der Waals surface area contributed by atoms with Gasteiger partial charge in [-0.15, -0.1) is 0 Å². The molecule has 4 nitrogen and oxygen atoms in total. The van der Waals surface area contributed by atoms with Crippen LogP contribution in [0.5, 0.6) is 0 Å². The number of hydrogen-bond acceptors (Lipinski definition) is 2. The molecule has 0 spiro atoms. The van der Waals surface area contributed by atoms with Gasteiger partial charge in [0.1, 0.15) is 0 Å². The van der Waals surface area contributed by atoms with E-state index in [9.17, 15) is 8.42 Å². The van der Waals surface area contributed by atoms with Gasteiger partial charge in [-0.1, -0.05) is 25.4 Å². The van der Waals surface area contributed by atoms with Gasteiger partial charge in [0, 0.05) is 11.0 Å². The van der Waals surface area contributed by atoms with Gasteiger partial charge in [0.05, 0.1) is 10.7 Å². The first-order valence-corrected chi connectivity index (χ1v) is 7.68. The third kappa shape index (κ3) is 5.25. The van der Waals surface area contributed by atoms with E-state index in [1.807, 2.05) is 13.8 Å². The Morgan fingerprint density at radius 3 is 2.59 bits per heavy atom. The average molecular weight is 342 g/mol. The van der Waals surface area contributed by atoms with Gasteiger partial charge in [0.25, 0.3) is 10.2 Å². The van der Waals surface area contributed by atoms with Crippen LogP contribution in [-0.2, 0) is 10.2 Å². The molecule has 0 saturated heterocycles. The molecule has 0 bridgehead atoms. The number of halogens is 2. The summed E-state index contributed by atoms with van der Waals surface area (Å²) >= 11 is 9.10. The van der Waals surface area contributed by atoms with Crippen LogP contribution in [0.3, 0.4) is 0 Å². The summed E-state index contributed by atoms with van der Waals surface area (Å²) in [6.07, 6.45) is 0. The van der Waals surface area contributed by atoms with E-state index in [-0.39, 0.29) is 5.92 Å². The number of benzene rings is 1. The predicted molar refractivity (Wildman–Crippen MR) is 74.5 cm³/mol. The van der Waals surface area contributed by atoms with Gasteiger partial charge in [-0.05, 0) is 40.0 Å². The van der Waals surface area contributed by atoms with Gasteiger partial charge >= 0.3 is 0 Å². The van der Waals surface area contributed by atoms with Crippen molar-refractivity contribution in [2.24, 2.45) is 5.92 Å². The van der Waals surface area contributed by atoms with Crippen LogP contribution in [0.4, 0.5) is 5.69 Å². The molecule has 0 aromatic heterocycles. The zero-order valence-electron chi connectivity index (χ0n) is 9.50. The zero-order chi connectivity index (χ0) is 13.1. The van der Waals surface area contributed by atoms with Gasteiger partial charge in [0.15, 0.2) is 0 Å². The normalized spacial score (nSPS) is 11.8. The van der Waals surface area contributed by atoms with Gasteiger partial charge in [-0.25, -0.2) is 0 Å². The Hall–Kier alpha value is -0.300. The number of hydrogen-bond donors (Lipinski definition) is 2. The predicted octanol–water partition coefficient (Wildman–Crippen LogP) is 3.00. The van der Waals surface area contributed by atoms with Gasteiger partial charge in [-0.2, -0.15) is 13.1 Å². The molecular weight excluding hydrogens is 328 g/mol. The Balaban J connectivity index is 2.73. The quantitative estimate of drug-likeness (QED) is 0.865. The highest BCUT2D eigenvalue weighted by Crippen LogP contribution is 2.25. The SMILES string of the molecule is CC(C)CNS(=O)(=O)Nc1ccc(Br)c(Cl)c1. The fourth-order valence-electron chi connectivity index (χ4n) is 1.03. The molecule has 0 aliphatic rings. The minimum atomic E-state index is -3.53. The second kappa shape index (κ2) is 6.04. The summed E-state index contributed by atoms with van der Waals surface area (Å²) in [4.78, 5) is 0. The van der Waals surface area contributed by atoms with Crippen molar-refractivity contribution in [1.29, 1.82) is 0 Å². The lowest BCUT2D eigenvalue weighted by Crippen LogP contribution is -2.32. The first-order chi connectivity index (χ1) is 7.80. The molecule has 0 saturated carbocycles. The molecule has 0 aliphatic carbocycles. The van der Waals surface area contributed by atoms with Crippen LogP contribution in [0, 0.1) is 5.92 Å². The minimum Gasteiger partial charge on any atom is -0.271 e. The van der Waals surface area contributed by atoms with Crippen LogP contribution in [-0.4, -0.2) is 15.0 Å². The molecule has 17 heavy (non-hydrogen) atoms. The number of nitrogens with one attached hydrogen (secondary N) is 2. The molecule has 0 atom stereocenters. The topological polar surface area (TPSA) is 58.2 Å². The van der Waals surface area contributed by atoms with Crippen LogP contribution in [0.1, 0.15) is 13.8 Å². The molecule has 0 fully saturated rings. The third-order valence-corrected chi connectivity index (χ3v) is 4.14. The fraction of sp³-hybridized carbons (Fsp3) is 0.400. The van der Waals surface area contributed by atoms with Crippen molar-refractivity contribution in [2.75, 3.05) is 11.3 Å². The molecule has 2 N–H and O–H groups in total. The summed E-state index contributed by atoms with van der Waals surface area (Å²) < 4.78 is 28.8. The summed E-state index contributed by atoms with van der Waals surface area (Å²) in [5.41, 5.74) is 0.425. The largest absolute Gasteiger partial charge is 0.299 e. The summed E-state index contributed by atoms with van der Waals surface area (Å²) in [6.45, 7) is 4.25. The Kier molecular flexibility index (Phi) is 5.24. The van der Waals surface area contributed by atoms with Crippen LogP contribution in [0.25, 0.3) is 0 Å². The van der Waals surface area contributed by atoms with Crippen molar-refractivity contribution in [3.63, 3.8) is 0 Å². The second-order valence-electron chi connectivity index (χ2n) is 3.98. The number of anilines is 1. The second-order valence-corrected chi connectivity index (χ2v) is 6.74. The van der Waals surface area contributed by atoms with E-state index in [2.05, 4.69) is 25.4 Å². The highest BCUT2D eigenvalue weighted by Gasteiger charge is 2.10. The van der Waals surface area contributed by atoms with Crippen LogP contribution in [0.2, 0.25) is 5.02 Å². The first kappa shape index (κ1) is 14.8. The van der Waals surface area contributed by atoms with Gasteiger partial charge < -0.3 is 0 Å². The summed E-state index contributed by atoms with van der Waals surface area (Å²) in [5, 5.41) is 0.453. The zero-order valence-corrected chi connectivity index (χ0v) is 12.7. The van der Waals surface area contributed by atoms with E-state index in [0.717, 1.165) is 4.47 Å². The van der Waals surface area contributed by atoms with Crippen molar-refractivity contribution < 1.29 is 8.42 Å². The maximum atomic E-state index is 11.6. The average Bonchev–Trinajstić information content (AvgIpc) is 2.21. The van der Waals surface area contributed by atoms with Crippen LogP contribution >= 0.6 is 27.5 Å². The van der Waals surface area contributed by atoms with Crippen molar-refractivity contribution in [2.45, 2.75) is 13.8 Å². The Bertz CT molecular complexity index is 491. The summed E-state index contributed by atoms with van der Waals surface area (Å²) in [5.74, 6) is 0.250. The molecule has 1 rings (SSSR count). The van der Waals surface area contributed by atoms with Gasteiger partial charge in [-0.3, -0.25) is 4.72 Å². The molecule has 0 heterocycles. The molecule has 0 unspecified atom stereocenters. The molecular formula is C10H14BrClN2O2S. The molecule has 7 heteroatoms. The van der Waals surface area contributed by atoms with E-state index in [1.165, 1.54) is 0 Å². The van der Waals surface area contributed by atoms with E-state index in [0.29, 0.717) is 17.3 Å². The highest BCUT2D eigenvalue weighted by atomic mass is 79.9. The fourth-order valence-corrected chi connectivity index (χ4v) is 2.52. The van der Waals surface area contributed by atoms with Crippen molar-refractivity contribution >= 4 is 43.4 Å². The van der Waals surface area contributed by atoms with Crippen molar-refractivity contribution in [1.82, 2.24) is 4.72 Å². The molecule has 1 aromatic carbocycles. The molecule has 96 valence electrons. The smallest absolute Gasteiger partial charge is 0.271 e. The van der Waals surface area contributed by atoms with E-state index in [1.54, 1.807) is 18.2 Å². The van der Waals surface area contributed by atoms with E-state index in [4.69, 9.17) is 11.6 Å². The standard InChI is InChI=1S/C10H14BrClN2O2S/c1-7(2)6-13-17(15,16)14-8-3-4-9(11)10(12)5-8/h3-5,7,13-14H,6H2,1-2H3. The molecule has 1 aromatic rings. The summed E-state index contributed by atoms with van der Waals surface area (Å²) in [6, 6.07) is 4.85. The Morgan fingerprint density at radius 1 is 1.41 bits per heavy atom. The van der Waals surface area contributed by atoms with Crippen molar-refractivity contribution in [3.8, 4) is 0 Å². The lowest BCUT2D eigenvalue weighted by molar-refractivity contribution is 0.565. The lowest BCUT2D eigenvalue weighted by atomic mass is 10.2. The molecule has 0 radical (unpaired) electrons. The maximum Gasteiger partial charge on any atom is 0.299 e. The Morgan fingerprint density at radius 2 is 2.06 bits per heavy atom. The van der Waals surface area contributed by atoms with E-state index < -0.39 is 10.2 Å². The minimum absolute atomic E-state index is 0.250. The summed E-state index contributed by atoms with van der Waals surface area (Å²) in [7, 11) is -3.53. The van der Waals surface area contributed by atoms with Crippen LogP contribution < -0.4 is 9.44 Å². The van der Waals surface area contributed by atoms with Gasteiger partial charge in [0.2, 0.25) is 0 Å².